The molecule has 6 aliphatic rings. The Balaban J connectivity index is 0.739. The fourth-order valence-electron chi connectivity index (χ4n) is 12.8. The van der Waals surface area contributed by atoms with E-state index in [4.69, 9.17) is 0 Å². The van der Waals surface area contributed by atoms with Gasteiger partial charge in [-0.25, -0.2) is 18.4 Å². The molecule has 414 valence electrons. The van der Waals surface area contributed by atoms with Crippen LogP contribution in [0.4, 0.5) is 19.0 Å². The molecule has 1 aromatic carbocycles. The molecular formula is C53H73F3N12O7S. The van der Waals surface area contributed by atoms with Crippen molar-refractivity contribution in [3.05, 3.63) is 60.2 Å². The lowest BCUT2D eigenvalue weighted by atomic mass is 9.82. The molecule has 76 heavy (non-hydrogen) atoms. The van der Waals surface area contributed by atoms with Gasteiger partial charge >= 0.3 is 6.18 Å². The van der Waals surface area contributed by atoms with Gasteiger partial charge in [-0.15, -0.1) is 0 Å². The molecule has 0 spiro atoms. The van der Waals surface area contributed by atoms with Gasteiger partial charge < -0.3 is 35.6 Å². The van der Waals surface area contributed by atoms with E-state index in [9.17, 15) is 45.6 Å². The van der Waals surface area contributed by atoms with Gasteiger partial charge in [0, 0.05) is 101 Å². The van der Waals surface area contributed by atoms with Gasteiger partial charge in [-0.05, 0) is 122 Å². The van der Waals surface area contributed by atoms with Gasteiger partial charge in [0.25, 0.3) is 0 Å². The first kappa shape index (κ1) is 55.2. The maximum absolute atomic E-state index is 14.2. The van der Waals surface area contributed by atoms with Crippen LogP contribution in [0.25, 0.3) is 10.9 Å². The van der Waals surface area contributed by atoms with E-state index in [-0.39, 0.29) is 103 Å². The molecule has 2 aliphatic carbocycles. The zero-order chi connectivity index (χ0) is 54.2. The van der Waals surface area contributed by atoms with Crippen molar-refractivity contribution < 1.29 is 45.6 Å². The van der Waals surface area contributed by atoms with Crippen LogP contribution in [0.15, 0.2) is 49.1 Å². The highest BCUT2D eigenvalue weighted by atomic mass is 32.2. The zero-order valence-corrected chi connectivity index (χ0v) is 44.9. The third kappa shape index (κ3) is 11.7. The first-order valence-corrected chi connectivity index (χ1v) is 28.6. The van der Waals surface area contributed by atoms with Crippen molar-refractivity contribution in [2.75, 3.05) is 65.2 Å². The number of sulfonamides is 1. The van der Waals surface area contributed by atoms with Crippen molar-refractivity contribution in [1.29, 1.82) is 0 Å². The van der Waals surface area contributed by atoms with Crippen molar-refractivity contribution >= 4 is 56.3 Å². The summed E-state index contributed by atoms with van der Waals surface area (Å²) in [6.07, 6.45) is 6.13. The second-order valence-electron chi connectivity index (χ2n) is 22.2. The molecule has 9 rings (SSSR count). The van der Waals surface area contributed by atoms with Crippen LogP contribution < -0.4 is 16.0 Å². The zero-order valence-electron chi connectivity index (χ0n) is 44.1. The summed E-state index contributed by atoms with van der Waals surface area (Å²) in [4.78, 5) is 90.3. The molecular weight excluding hydrogens is 1010 g/mol. The molecule has 5 amide bonds. The van der Waals surface area contributed by atoms with Gasteiger partial charge in [-0.3, -0.25) is 33.9 Å². The van der Waals surface area contributed by atoms with Crippen LogP contribution >= 0.6 is 0 Å². The number of benzene rings is 1. The maximum Gasteiger partial charge on any atom is 0.416 e. The van der Waals surface area contributed by atoms with Crippen LogP contribution in [-0.4, -0.2) is 189 Å². The number of carbonyl (C=O) groups is 5. The fourth-order valence-corrected chi connectivity index (χ4v) is 14.7. The van der Waals surface area contributed by atoms with Crippen LogP contribution in [0, 0.1) is 11.8 Å². The third-order valence-electron chi connectivity index (χ3n) is 17.5. The van der Waals surface area contributed by atoms with E-state index in [0.29, 0.717) is 70.3 Å². The van der Waals surface area contributed by atoms with Crippen molar-refractivity contribution in [2.45, 2.75) is 151 Å². The minimum absolute atomic E-state index is 0.0197. The number of pyridine rings is 1. The third-order valence-corrected chi connectivity index (χ3v) is 19.9. The van der Waals surface area contributed by atoms with E-state index in [0.717, 1.165) is 37.0 Å². The lowest BCUT2D eigenvalue weighted by Crippen LogP contribution is -2.59. The number of anilines is 1. The van der Waals surface area contributed by atoms with Gasteiger partial charge in [0.15, 0.2) is 0 Å². The molecule has 2 saturated carbocycles. The lowest BCUT2D eigenvalue weighted by molar-refractivity contribution is -0.138. The molecule has 4 saturated heterocycles. The summed E-state index contributed by atoms with van der Waals surface area (Å²) in [6, 6.07) is 4.91. The highest BCUT2D eigenvalue weighted by Gasteiger charge is 2.47. The largest absolute Gasteiger partial charge is 0.416 e. The van der Waals surface area contributed by atoms with Crippen molar-refractivity contribution in [3.8, 4) is 0 Å². The Morgan fingerprint density at radius 2 is 1.58 bits per heavy atom. The number of nitrogens with zero attached hydrogens (tertiary/aromatic N) is 9. The Morgan fingerprint density at radius 1 is 0.855 bits per heavy atom. The van der Waals surface area contributed by atoms with Gasteiger partial charge in [-0.2, -0.15) is 17.5 Å². The van der Waals surface area contributed by atoms with E-state index in [2.05, 4.69) is 61.6 Å². The summed E-state index contributed by atoms with van der Waals surface area (Å²) in [6.45, 7) is 8.69. The number of piperazine rings is 1. The second-order valence-corrected chi connectivity index (χ2v) is 24.4. The molecule has 0 bridgehead atoms. The van der Waals surface area contributed by atoms with Gasteiger partial charge in [-0.1, -0.05) is 6.07 Å². The maximum atomic E-state index is 14.2. The first-order chi connectivity index (χ1) is 36.2. The Morgan fingerprint density at radius 3 is 2.25 bits per heavy atom. The molecule has 2 aromatic heterocycles. The SMILES string of the molecule is CC(C)N(C)C1CCC(N2CC[C@H](Nc3ncnc4ccc(C(F)(F)F)cc34)C2=O)[C@H](NC(=O)C2CCC(N3CCN(S(=O)(=O)C4CCN(C(=O)[C@H](C)NC(=O)[C@H]5CC(=O)N(C)[C@@H]5c5cccnc5)CC4)CC3)CC2)C1. The molecule has 19 nitrogen and oxygen atoms in total. The summed E-state index contributed by atoms with van der Waals surface area (Å²) in [7, 11) is 0.101. The molecule has 6 fully saturated rings. The number of piperidine rings is 1. The number of aromatic nitrogens is 3. The standard InChI is InChI=1S/C53H73F3N12O7S/c1-32(2)63(4)38-13-15-45(68-22-18-43(52(68)73)61-48-40-27-36(53(54,55)56)10-14-42(40)58-31-59-48)44(28-38)62-49(70)34-8-11-37(12-9-34)65-23-25-67(26-24-65)76(74,75)39-16-20-66(21-17-39)51(72)33(3)60-50(71)41-29-46(69)64(5)47(41)35-7-6-19-57-30-35/h6-7,10,14,19,27,30-34,37-39,41,43-45,47H,8-9,11-13,15-18,20-26,28-29H2,1-5H3,(H,60,71)(H,62,70)(H,58,59,61)/t33-,34?,37?,38?,41-,43-,44+,45?,47+/m0/s1. The Hall–Kier alpha value is -5.52. The van der Waals surface area contributed by atoms with E-state index in [1.807, 2.05) is 11.0 Å². The molecule has 3 aromatic rings. The summed E-state index contributed by atoms with van der Waals surface area (Å²) in [5.41, 5.74) is 0.236. The number of nitrogens with one attached hydrogen (secondary N) is 3. The average molecular weight is 1080 g/mol. The second kappa shape index (κ2) is 22.8. The molecule has 3 N–H and O–H groups in total. The number of amides is 5. The van der Waals surface area contributed by atoms with Crippen molar-refractivity contribution in [2.24, 2.45) is 11.8 Å². The molecule has 23 heteroatoms. The summed E-state index contributed by atoms with van der Waals surface area (Å²) < 4.78 is 70.5. The van der Waals surface area contributed by atoms with Crippen LogP contribution in [0.2, 0.25) is 0 Å². The molecule has 6 heterocycles. The van der Waals surface area contributed by atoms with E-state index in [1.165, 1.54) is 12.4 Å². The topological polar surface area (TPSA) is 214 Å². The van der Waals surface area contributed by atoms with Gasteiger partial charge in [0.2, 0.25) is 39.6 Å². The minimum Gasteiger partial charge on any atom is -0.358 e. The quantitative estimate of drug-likeness (QED) is 0.209. The number of hydrogen-bond acceptors (Lipinski definition) is 13. The number of likely N-dealkylation sites (tertiary alicyclic amines) is 3. The van der Waals surface area contributed by atoms with Crippen molar-refractivity contribution in [1.82, 2.24) is 54.4 Å². The van der Waals surface area contributed by atoms with E-state index >= 15 is 0 Å². The van der Waals surface area contributed by atoms with Gasteiger partial charge in [0.1, 0.15) is 24.2 Å². The molecule has 7 atom stereocenters. The van der Waals surface area contributed by atoms with E-state index in [1.54, 1.807) is 46.5 Å². The monoisotopic (exact) mass is 1080 g/mol. The van der Waals surface area contributed by atoms with Crippen molar-refractivity contribution in [3.63, 3.8) is 0 Å². The van der Waals surface area contributed by atoms with E-state index < -0.39 is 57.0 Å². The number of halogens is 3. The predicted molar refractivity (Wildman–Crippen MR) is 277 cm³/mol. The normalized spacial score (nSPS) is 28.1. The van der Waals surface area contributed by atoms with Gasteiger partial charge in [0.05, 0.1) is 40.4 Å². The Bertz CT molecular complexity index is 2720. The fraction of sp³-hybridized carbons (Fsp3) is 0.660. The summed E-state index contributed by atoms with van der Waals surface area (Å²) in [5.74, 6) is -1.79. The number of alkyl halides is 3. The van der Waals surface area contributed by atoms with Crippen LogP contribution in [-0.2, 0) is 40.2 Å². The summed E-state index contributed by atoms with van der Waals surface area (Å²) >= 11 is 0. The summed E-state index contributed by atoms with van der Waals surface area (Å²) in [5, 5.41) is 8.93. The van der Waals surface area contributed by atoms with Crippen LogP contribution in [0.1, 0.15) is 109 Å². The number of fused-ring (bicyclic) bond motifs is 1. The number of rotatable bonds is 14. The predicted octanol–water partition coefficient (Wildman–Crippen LogP) is 4.02. The Labute approximate surface area is 443 Å². The lowest BCUT2D eigenvalue weighted by Gasteiger charge is -2.45. The Kier molecular flexibility index (Phi) is 16.6. The number of carbonyl (C=O) groups excluding carboxylic acids is 5. The minimum atomic E-state index is -4.56. The smallest absolute Gasteiger partial charge is 0.358 e. The highest BCUT2D eigenvalue weighted by Crippen LogP contribution is 2.38. The van der Waals surface area contributed by atoms with Crippen LogP contribution in [0.3, 0.4) is 0 Å². The first-order valence-electron chi connectivity index (χ1n) is 27.1. The highest BCUT2D eigenvalue weighted by molar-refractivity contribution is 7.89. The molecule has 4 aliphatic heterocycles. The molecule has 0 radical (unpaired) electrons. The number of hydrogen-bond donors (Lipinski definition) is 3. The average Bonchev–Trinajstić information content (AvgIpc) is 3.95. The molecule has 2 unspecified atom stereocenters. The van der Waals surface area contributed by atoms with Crippen LogP contribution in [0.5, 0.6) is 0 Å².